The zero-order chi connectivity index (χ0) is 20.3. The van der Waals surface area contributed by atoms with Crippen molar-refractivity contribution in [2.45, 2.75) is 46.3 Å². The highest BCUT2D eigenvalue weighted by Gasteiger charge is 2.15. The van der Waals surface area contributed by atoms with Crippen molar-refractivity contribution in [3.8, 4) is 5.75 Å². The molecule has 0 heterocycles. The molecular weight excluding hydrogens is 539 g/mol. The van der Waals surface area contributed by atoms with E-state index in [1.54, 1.807) is 7.11 Å². The normalized spacial score (nSPS) is 11.3. The summed E-state index contributed by atoms with van der Waals surface area (Å²) in [6.07, 6.45) is 0.366. The fourth-order valence-electron chi connectivity index (χ4n) is 2.12. The van der Waals surface area contributed by atoms with Gasteiger partial charge >= 0.3 is 6.09 Å². The quantitative estimate of drug-likeness (QED) is 0.190. The van der Waals surface area contributed by atoms with Gasteiger partial charge in [-0.15, -0.1) is 24.0 Å². The van der Waals surface area contributed by atoms with Crippen LogP contribution in [-0.2, 0) is 11.3 Å². The number of guanidine groups is 1. The molecule has 1 rings (SSSR count). The van der Waals surface area contributed by atoms with Gasteiger partial charge in [0.05, 0.1) is 18.1 Å². The van der Waals surface area contributed by atoms with Crippen LogP contribution in [0.5, 0.6) is 5.75 Å². The van der Waals surface area contributed by atoms with E-state index in [9.17, 15) is 4.79 Å². The number of nitrogens with zero attached hydrogens (tertiary/aromatic N) is 1. The Morgan fingerprint density at radius 2 is 1.86 bits per heavy atom. The van der Waals surface area contributed by atoms with Crippen LogP contribution in [0.4, 0.5) is 4.79 Å². The Kier molecular flexibility index (Phi) is 13.3. The second-order valence-electron chi connectivity index (χ2n) is 6.87. The summed E-state index contributed by atoms with van der Waals surface area (Å²) in [7, 11) is 1.64. The summed E-state index contributed by atoms with van der Waals surface area (Å²) in [6, 6.07) is 5.90. The molecule has 0 aromatic heterocycles. The van der Waals surface area contributed by atoms with Crippen molar-refractivity contribution in [3.63, 3.8) is 0 Å². The number of alkyl carbamates (subject to hydrolysis) is 1. The van der Waals surface area contributed by atoms with Crippen LogP contribution < -0.4 is 20.7 Å². The summed E-state index contributed by atoms with van der Waals surface area (Å²) < 4.78 is 11.3. The molecule has 9 heteroatoms. The topological polar surface area (TPSA) is 84.0 Å². The average molecular weight is 571 g/mol. The van der Waals surface area contributed by atoms with Crippen LogP contribution in [0.3, 0.4) is 0 Å². The van der Waals surface area contributed by atoms with Crippen molar-refractivity contribution in [2.24, 2.45) is 4.99 Å². The molecule has 1 aromatic carbocycles. The van der Waals surface area contributed by atoms with Crippen LogP contribution in [0.25, 0.3) is 0 Å². The van der Waals surface area contributed by atoms with Crippen LogP contribution in [0.15, 0.2) is 27.7 Å². The minimum atomic E-state index is -0.482. The van der Waals surface area contributed by atoms with Gasteiger partial charge in [0.15, 0.2) is 5.96 Å². The molecule has 0 unspecified atom stereocenters. The first-order valence-electron chi connectivity index (χ1n) is 9.06. The lowest BCUT2D eigenvalue weighted by molar-refractivity contribution is 0.0527. The summed E-state index contributed by atoms with van der Waals surface area (Å²) in [6.45, 7) is 10.1. The summed E-state index contributed by atoms with van der Waals surface area (Å²) in [5, 5.41) is 9.21. The van der Waals surface area contributed by atoms with Gasteiger partial charge in [-0.05, 0) is 67.7 Å². The van der Waals surface area contributed by atoms with Gasteiger partial charge in [0.1, 0.15) is 11.4 Å². The zero-order valence-corrected chi connectivity index (χ0v) is 21.1. The largest absolute Gasteiger partial charge is 0.496 e. The fourth-order valence-corrected chi connectivity index (χ4v) is 2.71. The molecular formula is C19H32BrIN4O3. The van der Waals surface area contributed by atoms with Gasteiger partial charge < -0.3 is 25.4 Å². The van der Waals surface area contributed by atoms with Gasteiger partial charge in [-0.25, -0.2) is 9.79 Å². The first kappa shape index (κ1) is 26.8. The predicted octanol–water partition coefficient (Wildman–Crippen LogP) is 4.05. The summed E-state index contributed by atoms with van der Waals surface area (Å²) in [5.41, 5.74) is 0.593. The Bertz CT molecular complexity index is 636. The van der Waals surface area contributed by atoms with Gasteiger partial charge in [-0.3, -0.25) is 0 Å². The van der Waals surface area contributed by atoms with Crippen molar-refractivity contribution in [3.05, 3.63) is 28.2 Å². The number of methoxy groups -OCH3 is 1. The Morgan fingerprint density at radius 1 is 1.18 bits per heavy atom. The molecule has 0 bridgehead atoms. The molecule has 0 saturated carbocycles. The smallest absolute Gasteiger partial charge is 0.407 e. The van der Waals surface area contributed by atoms with Crippen molar-refractivity contribution < 1.29 is 14.3 Å². The summed E-state index contributed by atoms with van der Waals surface area (Å²) in [5.74, 6) is 1.53. The van der Waals surface area contributed by atoms with Crippen LogP contribution in [0.1, 0.15) is 39.7 Å². The van der Waals surface area contributed by atoms with Crippen molar-refractivity contribution in [1.29, 1.82) is 0 Å². The number of benzene rings is 1. The van der Waals surface area contributed by atoms with Crippen molar-refractivity contribution in [2.75, 3.05) is 26.7 Å². The number of ether oxygens (including phenoxy) is 2. The summed E-state index contributed by atoms with van der Waals surface area (Å²) >= 11 is 3.48. The maximum atomic E-state index is 11.6. The lowest BCUT2D eigenvalue weighted by Crippen LogP contribution is -2.39. The lowest BCUT2D eigenvalue weighted by atomic mass is 10.2. The van der Waals surface area contributed by atoms with Crippen molar-refractivity contribution >= 4 is 52.0 Å². The first-order chi connectivity index (χ1) is 12.7. The number of aliphatic imine (C=N–C) groups is 1. The molecule has 0 aliphatic rings. The first-order valence-corrected chi connectivity index (χ1v) is 9.86. The second kappa shape index (κ2) is 13.9. The van der Waals surface area contributed by atoms with E-state index in [4.69, 9.17) is 9.47 Å². The number of carbonyl (C=O) groups excluding carboxylic acids is 1. The molecule has 0 atom stereocenters. The minimum Gasteiger partial charge on any atom is -0.496 e. The molecule has 0 radical (unpaired) electrons. The van der Waals surface area contributed by atoms with E-state index in [-0.39, 0.29) is 24.0 Å². The van der Waals surface area contributed by atoms with E-state index >= 15 is 0 Å². The standard InChI is InChI=1S/C19H31BrN4O3.HI/c1-6-21-17(22-10-7-11-23-18(25)27-19(2,3)4)24-13-14-8-9-16(26-5)15(20)12-14;/h8-9,12H,6-7,10-11,13H2,1-5H3,(H,23,25)(H2,21,22,24);1H. The van der Waals surface area contributed by atoms with Gasteiger partial charge in [0.25, 0.3) is 0 Å². The Balaban J connectivity index is 0.00000729. The van der Waals surface area contributed by atoms with Crippen LogP contribution in [0, 0.1) is 0 Å². The molecule has 1 amide bonds. The van der Waals surface area contributed by atoms with Gasteiger partial charge in [0, 0.05) is 19.6 Å². The maximum absolute atomic E-state index is 11.6. The van der Waals surface area contributed by atoms with Crippen LogP contribution >= 0.6 is 39.9 Å². The number of rotatable bonds is 8. The van der Waals surface area contributed by atoms with Crippen LogP contribution in [0.2, 0.25) is 0 Å². The molecule has 1 aromatic rings. The molecule has 28 heavy (non-hydrogen) atoms. The highest BCUT2D eigenvalue weighted by atomic mass is 127. The molecule has 160 valence electrons. The number of amides is 1. The highest BCUT2D eigenvalue weighted by molar-refractivity contribution is 14.0. The van der Waals surface area contributed by atoms with E-state index in [0.717, 1.165) is 34.7 Å². The fraction of sp³-hybridized carbons (Fsp3) is 0.579. The predicted molar refractivity (Wildman–Crippen MR) is 128 cm³/mol. The number of hydrogen-bond donors (Lipinski definition) is 3. The minimum absolute atomic E-state index is 0. The highest BCUT2D eigenvalue weighted by Crippen LogP contribution is 2.25. The second-order valence-corrected chi connectivity index (χ2v) is 7.73. The lowest BCUT2D eigenvalue weighted by Gasteiger charge is -2.19. The average Bonchev–Trinajstić information content (AvgIpc) is 2.57. The molecule has 7 nitrogen and oxygen atoms in total. The Hall–Kier alpha value is -1.23. The number of nitrogens with one attached hydrogen (secondary N) is 3. The third-order valence-corrected chi connectivity index (χ3v) is 3.91. The van der Waals surface area contributed by atoms with Crippen LogP contribution in [-0.4, -0.2) is 44.4 Å². The van der Waals surface area contributed by atoms with Crippen molar-refractivity contribution in [1.82, 2.24) is 16.0 Å². The zero-order valence-electron chi connectivity index (χ0n) is 17.2. The number of halogens is 2. The third-order valence-electron chi connectivity index (χ3n) is 3.29. The van der Waals surface area contributed by atoms with E-state index in [1.165, 1.54) is 0 Å². The Labute approximate surface area is 193 Å². The molecule has 0 aliphatic heterocycles. The van der Waals surface area contributed by atoms with E-state index in [2.05, 4.69) is 36.9 Å². The molecule has 0 fully saturated rings. The number of carbonyl (C=O) groups is 1. The molecule has 0 saturated heterocycles. The monoisotopic (exact) mass is 570 g/mol. The van der Waals surface area contributed by atoms with E-state index in [0.29, 0.717) is 19.6 Å². The van der Waals surface area contributed by atoms with Gasteiger partial charge in [-0.1, -0.05) is 6.07 Å². The molecule has 0 spiro atoms. The maximum Gasteiger partial charge on any atom is 0.407 e. The van der Waals surface area contributed by atoms with E-state index < -0.39 is 11.7 Å². The molecule has 3 N–H and O–H groups in total. The Morgan fingerprint density at radius 3 is 2.43 bits per heavy atom. The van der Waals surface area contributed by atoms with Gasteiger partial charge in [0.2, 0.25) is 0 Å². The number of hydrogen-bond acceptors (Lipinski definition) is 4. The van der Waals surface area contributed by atoms with Gasteiger partial charge in [-0.2, -0.15) is 0 Å². The summed E-state index contributed by atoms with van der Waals surface area (Å²) in [4.78, 5) is 16.2. The molecule has 0 aliphatic carbocycles. The SMILES string of the molecule is CCNC(=NCc1ccc(OC)c(Br)c1)NCCCNC(=O)OC(C)(C)C.I. The third kappa shape index (κ3) is 11.6. The van der Waals surface area contributed by atoms with E-state index in [1.807, 2.05) is 45.9 Å².